The molecule has 1 aromatic rings. The van der Waals surface area contributed by atoms with Gasteiger partial charge in [0, 0.05) is 13.7 Å². The van der Waals surface area contributed by atoms with E-state index in [4.69, 9.17) is 21.1 Å². The van der Waals surface area contributed by atoms with Crippen LogP contribution in [-0.2, 0) is 9.47 Å². The largest absolute Gasteiger partial charge is 0.462 e. The highest BCUT2D eigenvalue weighted by molar-refractivity contribution is 6.31. The third kappa shape index (κ3) is 4.27. The van der Waals surface area contributed by atoms with Crippen molar-refractivity contribution in [1.82, 2.24) is 0 Å². The van der Waals surface area contributed by atoms with Crippen molar-refractivity contribution in [2.45, 2.75) is 13.3 Å². The van der Waals surface area contributed by atoms with Gasteiger partial charge in [0.25, 0.3) is 0 Å². The summed E-state index contributed by atoms with van der Waals surface area (Å²) in [6, 6.07) is 4.24. The molecule has 0 saturated carbocycles. The SMILES string of the molecule is COCCC(C)COC(=O)c1cccc(Cl)c1F. The highest BCUT2D eigenvalue weighted by Crippen LogP contribution is 2.18. The first-order valence-electron chi connectivity index (χ1n) is 5.66. The van der Waals surface area contributed by atoms with Crippen LogP contribution in [0.4, 0.5) is 4.39 Å². The van der Waals surface area contributed by atoms with E-state index in [9.17, 15) is 9.18 Å². The third-order valence-electron chi connectivity index (χ3n) is 2.49. The van der Waals surface area contributed by atoms with Crippen LogP contribution in [0, 0.1) is 11.7 Å². The standard InChI is InChI=1S/C13H16ClFO3/c1-9(6-7-17-2)8-18-13(16)10-4-3-5-11(14)12(10)15/h3-5,9H,6-8H2,1-2H3. The smallest absolute Gasteiger partial charge is 0.341 e. The number of ether oxygens (including phenoxy) is 2. The van der Waals surface area contributed by atoms with Gasteiger partial charge in [-0.1, -0.05) is 24.6 Å². The molecule has 5 heteroatoms. The second kappa shape index (κ2) is 7.34. The van der Waals surface area contributed by atoms with E-state index >= 15 is 0 Å². The van der Waals surface area contributed by atoms with Crippen LogP contribution in [0.1, 0.15) is 23.7 Å². The van der Waals surface area contributed by atoms with Crippen LogP contribution in [0.25, 0.3) is 0 Å². The van der Waals surface area contributed by atoms with E-state index in [0.717, 1.165) is 6.42 Å². The van der Waals surface area contributed by atoms with Gasteiger partial charge >= 0.3 is 5.97 Å². The van der Waals surface area contributed by atoms with Gasteiger partial charge in [-0.15, -0.1) is 0 Å². The van der Waals surface area contributed by atoms with Crippen molar-refractivity contribution in [2.24, 2.45) is 5.92 Å². The Kier molecular flexibility index (Phi) is 6.09. The second-order valence-electron chi connectivity index (χ2n) is 4.09. The Hall–Kier alpha value is -1.13. The first-order valence-corrected chi connectivity index (χ1v) is 6.04. The summed E-state index contributed by atoms with van der Waals surface area (Å²) in [5.41, 5.74) is -0.138. The fourth-order valence-corrected chi connectivity index (χ4v) is 1.53. The van der Waals surface area contributed by atoms with Crippen molar-refractivity contribution < 1.29 is 18.7 Å². The van der Waals surface area contributed by atoms with Crippen molar-refractivity contribution in [1.29, 1.82) is 0 Å². The summed E-state index contributed by atoms with van der Waals surface area (Å²) in [6.45, 7) is 2.76. The Balaban J connectivity index is 2.53. The number of carbonyl (C=O) groups is 1. The molecule has 0 aliphatic rings. The summed E-state index contributed by atoms with van der Waals surface area (Å²) in [4.78, 5) is 11.6. The van der Waals surface area contributed by atoms with E-state index < -0.39 is 11.8 Å². The summed E-state index contributed by atoms with van der Waals surface area (Å²) in [6.07, 6.45) is 0.780. The molecule has 0 heterocycles. The Morgan fingerprint density at radius 2 is 2.22 bits per heavy atom. The van der Waals surface area contributed by atoms with Crippen LogP contribution >= 0.6 is 11.6 Å². The number of carbonyl (C=O) groups excluding carboxylic acids is 1. The molecule has 1 atom stereocenters. The number of benzene rings is 1. The minimum atomic E-state index is -0.742. The average Bonchev–Trinajstić information content (AvgIpc) is 2.36. The van der Waals surface area contributed by atoms with Crippen molar-refractivity contribution in [2.75, 3.05) is 20.3 Å². The summed E-state index contributed by atoms with van der Waals surface area (Å²) in [5, 5.41) is -0.0862. The lowest BCUT2D eigenvalue weighted by atomic mass is 10.1. The fraction of sp³-hybridized carbons (Fsp3) is 0.462. The molecule has 1 aromatic carbocycles. The molecule has 0 aromatic heterocycles. The molecule has 0 spiro atoms. The van der Waals surface area contributed by atoms with E-state index in [1.54, 1.807) is 7.11 Å². The van der Waals surface area contributed by atoms with Crippen LogP contribution in [-0.4, -0.2) is 26.3 Å². The maximum absolute atomic E-state index is 13.5. The van der Waals surface area contributed by atoms with Crippen LogP contribution < -0.4 is 0 Å². The summed E-state index contributed by atoms with van der Waals surface area (Å²) in [7, 11) is 1.61. The van der Waals surface area contributed by atoms with Crippen LogP contribution in [0.5, 0.6) is 0 Å². The van der Waals surface area contributed by atoms with E-state index in [2.05, 4.69) is 0 Å². The van der Waals surface area contributed by atoms with Gasteiger partial charge in [-0.2, -0.15) is 0 Å². The molecule has 0 N–H and O–H groups in total. The van der Waals surface area contributed by atoms with E-state index in [1.807, 2.05) is 6.92 Å². The van der Waals surface area contributed by atoms with Crippen molar-refractivity contribution in [3.05, 3.63) is 34.6 Å². The molecule has 18 heavy (non-hydrogen) atoms. The predicted molar refractivity (Wildman–Crippen MR) is 67.3 cm³/mol. The Morgan fingerprint density at radius 3 is 2.89 bits per heavy atom. The predicted octanol–water partition coefficient (Wildman–Crippen LogP) is 3.31. The third-order valence-corrected chi connectivity index (χ3v) is 2.78. The number of hydrogen-bond donors (Lipinski definition) is 0. The molecule has 0 fully saturated rings. The van der Waals surface area contributed by atoms with Gasteiger partial charge < -0.3 is 9.47 Å². The van der Waals surface area contributed by atoms with Crippen LogP contribution in [0.15, 0.2) is 18.2 Å². The van der Waals surface area contributed by atoms with E-state index in [0.29, 0.717) is 6.61 Å². The molecular weight excluding hydrogens is 259 g/mol. The zero-order chi connectivity index (χ0) is 13.5. The van der Waals surface area contributed by atoms with Crippen molar-refractivity contribution in [3.63, 3.8) is 0 Å². The van der Waals surface area contributed by atoms with Crippen molar-refractivity contribution >= 4 is 17.6 Å². The Bertz CT molecular complexity index is 409. The number of methoxy groups -OCH3 is 1. The number of halogens is 2. The van der Waals surface area contributed by atoms with Crippen molar-refractivity contribution in [3.8, 4) is 0 Å². The quantitative estimate of drug-likeness (QED) is 0.747. The minimum absolute atomic E-state index is 0.0862. The van der Waals surface area contributed by atoms with Gasteiger partial charge in [-0.3, -0.25) is 0 Å². The lowest BCUT2D eigenvalue weighted by Crippen LogP contribution is -2.14. The number of hydrogen-bond acceptors (Lipinski definition) is 3. The molecule has 3 nitrogen and oxygen atoms in total. The monoisotopic (exact) mass is 274 g/mol. The van der Waals surface area contributed by atoms with E-state index in [-0.39, 0.29) is 23.1 Å². The lowest BCUT2D eigenvalue weighted by Gasteiger charge is -2.11. The molecule has 0 aliphatic carbocycles. The normalized spacial score (nSPS) is 12.2. The molecule has 0 aliphatic heterocycles. The second-order valence-corrected chi connectivity index (χ2v) is 4.49. The maximum atomic E-state index is 13.5. The first-order chi connectivity index (χ1) is 8.56. The molecule has 0 bridgehead atoms. The summed E-state index contributed by atoms with van der Waals surface area (Å²) < 4.78 is 23.5. The molecule has 0 amide bonds. The van der Waals surface area contributed by atoms with Gasteiger partial charge in [0.2, 0.25) is 0 Å². The summed E-state index contributed by atoms with van der Waals surface area (Å²) in [5.74, 6) is -1.27. The summed E-state index contributed by atoms with van der Waals surface area (Å²) >= 11 is 5.59. The Morgan fingerprint density at radius 1 is 1.50 bits per heavy atom. The first kappa shape index (κ1) is 14.9. The van der Waals surface area contributed by atoms with Gasteiger partial charge in [0.05, 0.1) is 17.2 Å². The van der Waals surface area contributed by atoms with Crippen LogP contribution in [0.2, 0.25) is 5.02 Å². The van der Waals surface area contributed by atoms with Gasteiger partial charge in [0.15, 0.2) is 5.82 Å². The topological polar surface area (TPSA) is 35.5 Å². The van der Waals surface area contributed by atoms with Crippen LogP contribution in [0.3, 0.4) is 0 Å². The zero-order valence-electron chi connectivity index (χ0n) is 10.4. The Labute approximate surface area is 111 Å². The number of rotatable bonds is 6. The molecular formula is C13H16ClFO3. The van der Waals surface area contributed by atoms with Gasteiger partial charge in [-0.05, 0) is 24.5 Å². The molecule has 0 radical (unpaired) electrons. The average molecular weight is 275 g/mol. The number of esters is 1. The molecule has 1 rings (SSSR count). The highest BCUT2D eigenvalue weighted by Gasteiger charge is 2.16. The zero-order valence-corrected chi connectivity index (χ0v) is 11.2. The van der Waals surface area contributed by atoms with Gasteiger partial charge in [0.1, 0.15) is 0 Å². The minimum Gasteiger partial charge on any atom is -0.462 e. The molecule has 0 saturated heterocycles. The fourth-order valence-electron chi connectivity index (χ4n) is 1.36. The van der Waals surface area contributed by atoms with E-state index in [1.165, 1.54) is 18.2 Å². The molecule has 100 valence electrons. The highest BCUT2D eigenvalue weighted by atomic mass is 35.5. The lowest BCUT2D eigenvalue weighted by molar-refractivity contribution is 0.0419. The van der Waals surface area contributed by atoms with Gasteiger partial charge in [-0.25, -0.2) is 9.18 Å². The molecule has 1 unspecified atom stereocenters. The maximum Gasteiger partial charge on any atom is 0.341 e.